The zero-order valence-corrected chi connectivity index (χ0v) is 15.4. The van der Waals surface area contributed by atoms with Crippen molar-refractivity contribution < 1.29 is 17.9 Å². The van der Waals surface area contributed by atoms with Crippen LogP contribution in [0, 0.1) is 5.92 Å². The molecule has 1 N–H and O–H groups in total. The van der Waals surface area contributed by atoms with E-state index in [9.17, 15) is 13.2 Å². The maximum Gasteiger partial charge on any atom is 0.223 e. The van der Waals surface area contributed by atoms with E-state index in [0.717, 1.165) is 6.42 Å². The van der Waals surface area contributed by atoms with Crippen molar-refractivity contribution in [1.29, 1.82) is 0 Å². The van der Waals surface area contributed by atoms with Crippen molar-refractivity contribution in [2.24, 2.45) is 5.92 Å². The lowest BCUT2D eigenvalue weighted by Crippen LogP contribution is -2.47. The summed E-state index contributed by atoms with van der Waals surface area (Å²) in [6.45, 7) is 1.13. The molecule has 0 spiro atoms. The van der Waals surface area contributed by atoms with E-state index in [2.05, 4.69) is 17.4 Å². The Bertz CT molecular complexity index is 684. The van der Waals surface area contributed by atoms with E-state index in [1.54, 1.807) is 0 Å². The summed E-state index contributed by atoms with van der Waals surface area (Å²) in [6, 6.07) is 10.2. The van der Waals surface area contributed by atoms with E-state index in [1.165, 1.54) is 17.0 Å². The summed E-state index contributed by atoms with van der Waals surface area (Å²) in [6.07, 6.45) is 2.24. The molecular weight excluding hydrogens is 340 g/mol. The molecule has 0 radical (unpaired) electrons. The molecule has 1 amide bonds. The fraction of sp³-hybridized carbons (Fsp3) is 0.611. The van der Waals surface area contributed by atoms with E-state index in [-0.39, 0.29) is 30.2 Å². The topological polar surface area (TPSA) is 75.7 Å². The maximum absolute atomic E-state index is 12.4. The lowest BCUT2D eigenvalue weighted by molar-refractivity contribution is -0.123. The van der Waals surface area contributed by atoms with Crippen LogP contribution in [0.3, 0.4) is 0 Å². The van der Waals surface area contributed by atoms with Gasteiger partial charge in [-0.15, -0.1) is 0 Å². The van der Waals surface area contributed by atoms with Crippen LogP contribution < -0.4 is 5.32 Å². The molecule has 2 aliphatic rings. The molecule has 2 atom stereocenters. The van der Waals surface area contributed by atoms with Crippen molar-refractivity contribution in [3.8, 4) is 0 Å². The Labute approximate surface area is 149 Å². The van der Waals surface area contributed by atoms with Crippen molar-refractivity contribution in [3.05, 3.63) is 35.9 Å². The number of carbonyl (C=O) groups is 1. The summed E-state index contributed by atoms with van der Waals surface area (Å²) in [7, 11) is -1.75. The summed E-state index contributed by atoms with van der Waals surface area (Å²) in [5, 5.41) is 3.11. The molecular formula is C18H26N2O4S. The van der Waals surface area contributed by atoms with Gasteiger partial charge in [0, 0.05) is 32.2 Å². The van der Waals surface area contributed by atoms with Crippen LogP contribution in [0.1, 0.15) is 30.7 Å². The predicted octanol–water partition coefficient (Wildman–Crippen LogP) is 1.35. The van der Waals surface area contributed by atoms with Crippen molar-refractivity contribution >= 4 is 15.9 Å². The molecule has 3 rings (SSSR count). The molecule has 138 valence electrons. The van der Waals surface area contributed by atoms with Crippen LogP contribution in [0.5, 0.6) is 0 Å². The van der Waals surface area contributed by atoms with Gasteiger partial charge < -0.3 is 10.1 Å². The molecule has 1 aliphatic heterocycles. The highest BCUT2D eigenvalue weighted by molar-refractivity contribution is 7.89. The minimum absolute atomic E-state index is 0.0152. The van der Waals surface area contributed by atoms with Crippen molar-refractivity contribution in [2.45, 2.75) is 31.2 Å². The zero-order valence-electron chi connectivity index (χ0n) is 14.6. The Hall–Kier alpha value is -1.44. The van der Waals surface area contributed by atoms with Crippen LogP contribution in [-0.4, -0.2) is 57.2 Å². The molecule has 1 heterocycles. The number of methoxy groups -OCH3 is 1. The molecule has 0 unspecified atom stereocenters. The average Bonchev–Trinajstić information content (AvgIpc) is 3.42. The Morgan fingerprint density at radius 3 is 2.56 bits per heavy atom. The number of hydrogen-bond acceptors (Lipinski definition) is 4. The lowest BCUT2D eigenvalue weighted by Gasteiger charge is -2.31. The quantitative estimate of drug-likeness (QED) is 0.790. The summed E-state index contributed by atoms with van der Waals surface area (Å²) in [5.41, 5.74) is 1.22. The Balaban J connectivity index is 1.44. The standard InChI is InChI=1S/C18H26N2O4S/c1-24-11-12-25(22,23)20-9-7-15(8-10-20)19-18(21)17-13-16(17)14-5-3-2-4-6-14/h2-6,15-17H,7-13H2,1H3,(H,19,21)/t16-,17-/m1/s1. The third-order valence-corrected chi connectivity index (χ3v) is 6.93. The third-order valence-electron chi connectivity index (χ3n) is 5.09. The van der Waals surface area contributed by atoms with Gasteiger partial charge in [-0.25, -0.2) is 12.7 Å². The number of amides is 1. The number of sulfonamides is 1. The molecule has 1 saturated carbocycles. The van der Waals surface area contributed by atoms with Crippen LogP contribution in [0.4, 0.5) is 0 Å². The van der Waals surface area contributed by atoms with Gasteiger partial charge in [0.2, 0.25) is 15.9 Å². The van der Waals surface area contributed by atoms with Crippen LogP contribution in [0.25, 0.3) is 0 Å². The zero-order chi connectivity index (χ0) is 17.9. The first-order valence-electron chi connectivity index (χ1n) is 8.83. The Morgan fingerprint density at radius 1 is 1.24 bits per heavy atom. The first kappa shape index (κ1) is 18.4. The maximum atomic E-state index is 12.4. The van der Waals surface area contributed by atoms with Gasteiger partial charge in [0.25, 0.3) is 0 Å². The number of nitrogens with zero attached hydrogens (tertiary/aromatic N) is 1. The van der Waals surface area contributed by atoms with Gasteiger partial charge in [0.05, 0.1) is 12.4 Å². The molecule has 1 saturated heterocycles. The molecule has 7 heteroatoms. The van der Waals surface area contributed by atoms with E-state index in [1.807, 2.05) is 18.2 Å². The number of nitrogens with one attached hydrogen (secondary N) is 1. The average molecular weight is 366 g/mol. The molecule has 6 nitrogen and oxygen atoms in total. The summed E-state index contributed by atoms with van der Waals surface area (Å²) in [4.78, 5) is 12.4. The number of benzene rings is 1. The molecule has 25 heavy (non-hydrogen) atoms. The lowest BCUT2D eigenvalue weighted by atomic mass is 10.1. The van der Waals surface area contributed by atoms with E-state index >= 15 is 0 Å². The van der Waals surface area contributed by atoms with Crippen LogP contribution in [0.15, 0.2) is 30.3 Å². The highest BCUT2D eigenvalue weighted by Gasteiger charge is 2.44. The number of rotatable bonds is 7. The smallest absolute Gasteiger partial charge is 0.223 e. The summed E-state index contributed by atoms with van der Waals surface area (Å²) < 4.78 is 30.7. The number of piperidine rings is 1. The fourth-order valence-electron chi connectivity index (χ4n) is 3.46. The second kappa shape index (κ2) is 7.85. The Kier molecular flexibility index (Phi) is 5.76. The largest absolute Gasteiger partial charge is 0.384 e. The van der Waals surface area contributed by atoms with Gasteiger partial charge in [0.1, 0.15) is 0 Å². The van der Waals surface area contributed by atoms with E-state index in [0.29, 0.717) is 31.8 Å². The van der Waals surface area contributed by atoms with Gasteiger partial charge >= 0.3 is 0 Å². The molecule has 0 aromatic heterocycles. The highest BCUT2D eigenvalue weighted by Crippen LogP contribution is 2.47. The normalized spacial score (nSPS) is 24.8. The summed E-state index contributed by atoms with van der Waals surface area (Å²) >= 11 is 0. The SMILES string of the molecule is COCCS(=O)(=O)N1CCC(NC(=O)[C@@H]2C[C@@H]2c2ccccc2)CC1. The predicted molar refractivity (Wildman–Crippen MR) is 95.7 cm³/mol. The van der Waals surface area contributed by atoms with Crippen molar-refractivity contribution in [1.82, 2.24) is 9.62 Å². The third kappa shape index (κ3) is 4.59. The number of carbonyl (C=O) groups excluding carboxylic acids is 1. The van der Waals surface area contributed by atoms with E-state index in [4.69, 9.17) is 4.74 Å². The first-order chi connectivity index (χ1) is 12.0. The van der Waals surface area contributed by atoms with Crippen molar-refractivity contribution in [2.75, 3.05) is 32.6 Å². The number of ether oxygens (including phenoxy) is 1. The van der Waals surface area contributed by atoms with Crippen molar-refractivity contribution in [3.63, 3.8) is 0 Å². The molecule has 1 aromatic rings. The van der Waals surface area contributed by atoms with E-state index < -0.39 is 10.0 Å². The van der Waals surface area contributed by atoms with Gasteiger partial charge in [-0.2, -0.15) is 0 Å². The molecule has 1 aromatic carbocycles. The van der Waals surface area contributed by atoms with Gasteiger partial charge in [0.15, 0.2) is 0 Å². The fourth-order valence-corrected chi connectivity index (χ4v) is 4.86. The first-order valence-corrected chi connectivity index (χ1v) is 10.4. The molecule has 0 bridgehead atoms. The highest BCUT2D eigenvalue weighted by atomic mass is 32.2. The number of hydrogen-bond donors (Lipinski definition) is 1. The monoisotopic (exact) mass is 366 g/mol. The second-order valence-electron chi connectivity index (χ2n) is 6.85. The van der Waals surface area contributed by atoms with Gasteiger partial charge in [-0.05, 0) is 30.7 Å². The van der Waals surface area contributed by atoms with Crippen LogP contribution in [-0.2, 0) is 19.6 Å². The minimum atomic E-state index is -3.25. The molecule has 2 fully saturated rings. The second-order valence-corrected chi connectivity index (χ2v) is 8.94. The van der Waals surface area contributed by atoms with Gasteiger partial charge in [-0.1, -0.05) is 30.3 Å². The van der Waals surface area contributed by atoms with Crippen LogP contribution in [0.2, 0.25) is 0 Å². The van der Waals surface area contributed by atoms with Gasteiger partial charge in [-0.3, -0.25) is 4.79 Å². The van der Waals surface area contributed by atoms with Crippen LogP contribution >= 0.6 is 0 Å². The Morgan fingerprint density at radius 2 is 1.92 bits per heavy atom. The minimum Gasteiger partial charge on any atom is -0.384 e. The summed E-state index contributed by atoms with van der Waals surface area (Å²) in [5.74, 6) is 0.512. The molecule has 1 aliphatic carbocycles.